The number of aliphatic imine (C=N–C) groups is 1. The van der Waals surface area contributed by atoms with E-state index in [9.17, 15) is 33.6 Å². The maximum Gasteiger partial charge on any atom is 0.246 e. The van der Waals surface area contributed by atoms with E-state index in [0.717, 1.165) is 52.4 Å². The van der Waals surface area contributed by atoms with Gasteiger partial charge in [0.1, 0.15) is 24.7 Å². The van der Waals surface area contributed by atoms with Crippen LogP contribution in [0.2, 0.25) is 0 Å². The molecule has 0 aromatic rings. The summed E-state index contributed by atoms with van der Waals surface area (Å²) in [5, 5.41) is 25.7. The van der Waals surface area contributed by atoms with Crippen molar-refractivity contribution in [3.8, 4) is 0 Å². The number of carbonyl (C=O) groups excluding carboxylic acids is 7. The Morgan fingerprint density at radius 3 is 1.76 bits per heavy atom. The lowest BCUT2D eigenvalue weighted by atomic mass is 9.97. The highest BCUT2D eigenvalue weighted by molar-refractivity contribution is 5.94. The van der Waals surface area contributed by atoms with Crippen molar-refractivity contribution in [3.05, 3.63) is 0 Å². The zero-order valence-electron chi connectivity index (χ0n) is 40.2. The highest BCUT2D eigenvalue weighted by Gasteiger charge is 2.29. The third kappa shape index (κ3) is 32.6. The molecule has 7 amide bonds. The van der Waals surface area contributed by atoms with E-state index in [-0.39, 0.29) is 62.9 Å². The first-order valence-corrected chi connectivity index (χ1v) is 23.3. The molecule has 1 aliphatic heterocycles. The van der Waals surface area contributed by atoms with E-state index in [0.29, 0.717) is 59.0 Å². The van der Waals surface area contributed by atoms with E-state index in [1.807, 2.05) is 20.8 Å². The van der Waals surface area contributed by atoms with Crippen LogP contribution in [0.4, 0.5) is 0 Å². The Morgan fingerprint density at radius 2 is 1.19 bits per heavy atom. The molecule has 0 aromatic heterocycles. The molecule has 25 heteroatoms. The number of hydrogen-bond donors (Lipinski definition) is 12. The van der Waals surface area contributed by atoms with Gasteiger partial charge in [0.2, 0.25) is 41.4 Å². The lowest BCUT2D eigenvalue weighted by Crippen LogP contribution is -2.56. The van der Waals surface area contributed by atoms with Crippen LogP contribution in [0, 0.1) is 11.8 Å². The number of carbonyl (C=O) groups is 7. The first-order chi connectivity index (χ1) is 32.1. The van der Waals surface area contributed by atoms with E-state index in [1.54, 1.807) is 6.92 Å². The SMILES string of the molecule is CC[C@H](C)[C@H](NC(=O)CNC(=O)CNC(=O)[C@H](CC(C)C)NC(=O)COCCOCCOCCOCCNC(=O)CN1CCNCCNCCNCC1)C(=O)N[C@@H](CCCN=C(N)N)C(N)=O. The first-order valence-electron chi connectivity index (χ1n) is 23.3. The van der Waals surface area contributed by atoms with Crippen molar-refractivity contribution in [1.82, 2.24) is 52.8 Å². The molecule has 0 spiro atoms. The van der Waals surface area contributed by atoms with Crippen LogP contribution in [0.5, 0.6) is 0 Å². The quantitative estimate of drug-likeness (QED) is 0.0163. The van der Waals surface area contributed by atoms with Gasteiger partial charge >= 0.3 is 0 Å². The summed E-state index contributed by atoms with van der Waals surface area (Å²) in [7, 11) is 0. The second-order valence-electron chi connectivity index (χ2n) is 16.4. The Bertz CT molecular complexity index is 1460. The number of nitrogens with two attached hydrogens (primary N) is 3. The number of nitrogens with one attached hydrogen (secondary N) is 9. The second kappa shape index (κ2) is 38.2. The van der Waals surface area contributed by atoms with Crippen molar-refractivity contribution >= 4 is 47.3 Å². The Labute approximate surface area is 395 Å². The molecule has 1 heterocycles. The summed E-state index contributed by atoms with van der Waals surface area (Å²) in [6.07, 6.45) is 1.33. The van der Waals surface area contributed by atoms with Gasteiger partial charge in [0, 0.05) is 65.4 Å². The average molecular weight is 959 g/mol. The largest absolute Gasteiger partial charge is 0.377 e. The predicted molar refractivity (Wildman–Crippen MR) is 251 cm³/mol. The highest BCUT2D eigenvalue weighted by atomic mass is 16.6. The van der Waals surface area contributed by atoms with Crippen molar-refractivity contribution in [2.45, 2.75) is 71.5 Å². The van der Waals surface area contributed by atoms with E-state index in [2.05, 4.69) is 57.7 Å². The summed E-state index contributed by atoms with van der Waals surface area (Å²) >= 11 is 0. The van der Waals surface area contributed by atoms with Gasteiger partial charge in [0.15, 0.2) is 5.96 Å². The fraction of sp³-hybridized carbons (Fsp3) is 0.810. The van der Waals surface area contributed by atoms with E-state index < -0.39 is 66.7 Å². The minimum atomic E-state index is -1.04. The molecule has 1 fully saturated rings. The van der Waals surface area contributed by atoms with Crippen molar-refractivity contribution < 1.29 is 52.5 Å². The summed E-state index contributed by atoms with van der Waals surface area (Å²) in [6, 6.07) is -3.01. The fourth-order valence-corrected chi connectivity index (χ4v) is 6.27. The Balaban J connectivity index is 2.27. The Hall–Kier alpha value is -4.76. The topological polar surface area (TPSA) is 358 Å². The average Bonchev–Trinajstić information content (AvgIpc) is 3.27. The highest BCUT2D eigenvalue weighted by Crippen LogP contribution is 2.10. The number of nitrogens with zero attached hydrogens (tertiary/aromatic N) is 2. The van der Waals surface area contributed by atoms with Crippen molar-refractivity contribution in [2.75, 3.05) is 138 Å². The molecule has 0 saturated carbocycles. The van der Waals surface area contributed by atoms with Crippen LogP contribution in [0.15, 0.2) is 4.99 Å². The number of guanidine groups is 1. The summed E-state index contributed by atoms with van der Waals surface area (Å²) in [5.74, 6) is -4.35. The van der Waals surface area contributed by atoms with Gasteiger partial charge in [0.25, 0.3) is 0 Å². The molecular formula is C42H82N14O11. The van der Waals surface area contributed by atoms with Crippen LogP contribution < -0.4 is 65.1 Å². The molecule has 0 bridgehead atoms. The van der Waals surface area contributed by atoms with Crippen LogP contribution in [-0.2, 0) is 52.5 Å². The lowest BCUT2D eigenvalue weighted by molar-refractivity contribution is -0.133. The van der Waals surface area contributed by atoms with Gasteiger partial charge in [-0.3, -0.25) is 43.5 Å². The number of primary amides is 1. The van der Waals surface area contributed by atoms with Crippen molar-refractivity contribution in [3.63, 3.8) is 0 Å². The summed E-state index contributed by atoms with van der Waals surface area (Å²) in [4.78, 5) is 94.4. The Morgan fingerprint density at radius 1 is 0.627 bits per heavy atom. The molecule has 4 atom stereocenters. The minimum absolute atomic E-state index is 0.0192. The van der Waals surface area contributed by atoms with Crippen LogP contribution in [0.1, 0.15) is 53.4 Å². The predicted octanol–water partition coefficient (Wildman–Crippen LogP) is -5.43. The summed E-state index contributed by atoms with van der Waals surface area (Å²) in [5.41, 5.74) is 16.1. The molecule has 67 heavy (non-hydrogen) atoms. The van der Waals surface area contributed by atoms with Gasteiger partial charge in [0.05, 0.1) is 65.9 Å². The van der Waals surface area contributed by atoms with Crippen LogP contribution in [-0.4, -0.2) is 208 Å². The fourth-order valence-electron chi connectivity index (χ4n) is 6.27. The third-order valence-corrected chi connectivity index (χ3v) is 10.1. The number of hydrogen-bond acceptors (Lipinski definition) is 16. The molecule has 1 aliphatic rings. The standard InChI is InChI=1S/C42H82N14O11/c1-5-31(4)38(41(63)54-32(39(43)61)7-6-8-50-42(44)45)55-35(58)27-51-34(57)26-52-40(62)33(25-30(2)3)53-37(60)29-67-24-23-66-22-21-65-20-19-64-18-15-49-36(59)28-56-16-13-47-11-9-46-10-12-48-14-17-56/h30-33,38,46-48H,5-29H2,1-4H3,(H2,43,61)(H,49,59)(H,51,57)(H,52,62)(H,53,60)(H,54,63)(H,55,58)(H4,44,45,50)/t31-,32-,33-,38-/m0/s1. The van der Waals surface area contributed by atoms with Gasteiger partial charge in [-0.15, -0.1) is 0 Å². The van der Waals surface area contributed by atoms with Gasteiger partial charge in [-0.1, -0.05) is 34.1 Å². The number of amides is 7. The smallest absolute Gasteiger partial charge is 0.246 e. The Kier molecular flexibility index (Phi) is 34.4. The molecule has 15 N–H and O–H groups in total. The normalized spacial score (nSPS) is 15.6. The number of ether oxygens (including phenoxy) is 4. The maximum absolute atomic E-state index is 13.1. The van der Waals surface area contributed by atoms with E-state index in [4.69, 9.17) is 36.1 Å². The van der Waals surface area contributed by atoms with Gasteiger partial charge < -0.3 is 84.0 Å². The van der Waals surface area contributed by atoms with Gasteiger partial charge in [-0.05, 0) is 31.1 Å². The molecule has 1 rings (SSSR count). The van der Waals surface area contributed by atoms with E-state index in [1.165, 1.54) is 0 Å². The van der Waals surface area contributed by atoms with Crippen molar-refractivity contribution in [1.29, 1.82) is 0 Å². The molecular weight excluding hydrogens is 877 g/mol. The van der Waals surface area contributed by atoms with Gasteiger partial charge in [-0.2, -0.15) is 0 Å². The van der Waals surface area contributed by atoms with Crippen LogP contribution in [0.3, 0.4) is 0 Å². The molecule has 386 valence electrons. The zero-order chi connectivity index (χ0) is 49.7. The zero-order valence-corrected chi connectivity index (χ0v) is 40.2. The molecule has 0 radical (unpaired) electrons. The monoisotopic (exact) mass is 959 g/mol. The molecule has 25 nitrogen and oxygen atoms in total. The molecule has 0 unspecified atom stereocenters. The molecule has 0 aromatic carbocycles. The van der Waals surface area contributed by atoms with E-state index >= 15 is 0 Å². The second-order valence-corrected chi connectivity index (χ2v) is 16.4. The van der Waals surface area contributed by atoms with Crippen molar-refractivity contribution in [2.24, 2.45) is 34.0 Å². The maximum atomic E-state index is 13.1. The minimum Gasteiger partial charge on any atom is -0.377 e. The number of rotatable bonds is 34. The van der Waals surface area contributed by atoms with Crippen LogP contribution >= 0.6 is 0 Å². The summed E-state index contributed by atoms with van der Waals surface area (Å²) in [6.45, 7) is 15.9. The summed E-state index contributed by atoms with van der Waals surface area (Å²) < 4.78 is 21.9. The lowest BCUT2D eigenvalue weighted by Gasteiger charge is -2.26. The van der Waals surface area contributed by atoms with Crippen LogP contribution in [0.25, 0.3) is 0 Å². The van der Waals surface area contributed by atoms with Gasteiger partial charge in [-0.25, -0.2) is 0 Å². The first kappa shape index (κ1) is 60.3. The molecule has 0 aliphatic carbocycles. The molecule has 1 saturated heterocycles. The third-order valence-electron chi connectivity index (χ3n) is 10.1.